The summed E-state index contributed by atoms with van der Waals surface area (Å²) in [7, 11) is 0. The van der Waals surface area contributed by atoms with Crippen molar-refractivity contribution in [2.24, 2.45) is 5.92 Å². The van der Waals surface area contributed by atoms with Gasteiger partial charge in [-0.05, 0) is 37.8 Å². The minimum Gasteiger partial charge on any atom is -0.307 e. The van der Waals surface area contributed by atoms with Crippen LogP contribution in [0.3, 0.4) is 0 Å². The third kappa shape index (κ3) is 2.89. The van der Waals surface area contributed by atoms with Crippen LogP contribution in [-0.4, -0.2) is 6.04 Å². The Morgan fingerprint density at radius 3 is 2.39 bits per heavy atom. The first-order chi connectivity index (χ1) is 8.59. The van der Waals surface area contributed by atoms with E-state index in [1.807, 2.05) is 6.92 Å². The van der Waals surface area contributed by atoms with E-state index in [9.17, 15) is 8.78 Å². The Morgan fingerprint density at radius 2 is 1.78 bits per heavy atom. The van der Waals surface area contributed by atoms with Crippen molar-refractivity contribution in [1.29, 1.82) is 0 Å². The first kappa shape index (κ1) is 13.5. The van der Waals surface area contributed by atoms with Crippen LogP contribution >= 0.6 is 0 Å². The van der Waals surface area contributed by atoms with Gasteiger partial charge in [0.1, 0.15) is 11.6 Å². The van der Waals surface area contributed by atoms with Crippen molar-refractivity contribution < 1.29 is 8.78 Å². The van der Waals surface area contributed by atoms with Crippen molar-refractivity contribution in [1.82, 2.24) is 5.32 Å². The van der Waals surface area contributed by atoms with Crippen LogP contribution in [0.4, 0.5) is 8.78 Å². The highest BCUT2D eigenvalue weighted by atomic mass is 19.1. The van der Waals surface area contributed by atoms with Crippen LogP contribution in [0.2, 0.25) is 0 Å². The fourth-order valence-corrected chi connectivity index (χ4v) is 2.89. The van der Waals surface area contributed by atoms with Crippen LogP contribution in [0, 0.1) is 17.6 Å². The average Bonchev–Trinajstić information content (AvgIpc) is 2.32. The Balaban J connectivity index is 2.09. The largest absolute Gasteiger partial charge is 0.307 e. The highest BCUT2D eigenvalue weighted by Crippen LogP contribution is 2.27. The van der Waals surface area contributed by atoms with E-state index in [0.29, 0.717) is 12.0 Å². The van der Waals surface area contributed by atoms with E-state index in [-0.39, 0.29) is 11.6 Å². The maximum atomic E-state index is 13.7. The Labute approximate surface area is 108 Å². The maximum Gasteiger partial charge on any atom is 0.130 e. The molecule has 18 heavy (non-hydrogen) atoms. The molecule has 0 bridgehead atoms. The lowest BCUT2D eigenvalue weighted by atomic mass is 9.85. The molecule has 1 aromatic rings. The summed E-state index contributed by atoms with van der Waals surface area (Å²) in [5.41, 5.74) is 0.162. The molecule has 0 aliphatic heterocycles. The standard InChI is InChI=1S/C15H21F2N/c1-10-6-3-4-9-14(10)18-11(2)15-12(16)7-5-8-13(15)17/h5,7-8,10-11,14,18H,3-4,6,9H2,1-2H3. The van der Waals surface area contributed by atoms with Gasteiger partial charge in [-0.25, -0.2) is 8.78 Å². The summed E-state index contributed by atoms with van der Waals surface area (Å²) in [6, 6.07) is 4.14. The van der Waals surface area contributed by atoms with E-state index in [1.54, 1.807) is 0 Å². The van der Waals surface area contributed by atoms with Crippen LogP contribution in [-0.2, 0) is 0 Å². The second-order valence-electron chi connectivity index (χ2n) is 5.39. The van der Waals surface area contributed by atoms with Crippen LogP contribution in [0.1, 0.15) is 51.1 Å². The lowest BCUT2D eigenvalue weighted by Gasteiger charge is -2.32. The number of rotatable bonds is 3. The summed E-state index contributed by atoms with van der Waals surface area (Å²) >= 11 is 0. The number of nitrogens with one attached hydrogen (secondary N) is 1. The lowest BCUT2D eigenvalue weighted by molar-refractivity contribution is 0.260. The summed E-state index contributed by atoms with van der Waals surface area (Å²) in [4.78, 5) is 0. The van der Waals surface area contributed by atoms with Gasteiger partial charge in [0, 0.05) is 17.6 Å². The zero-order valence-electron chi connectivity index (χ0n) is 11.0. The Bertz CT molecular complexity index is 385. The van der Waals surface area contributed by atoms with Crippen molar-refractivity contribution in [3.8, 4) is 0 Å². The zero-order chi connectivity index (χ0) is 13.1. The highest BCUT2D eigenvalue weighted by molar-refractivity contribution is 5.23. The monoisotopic (exact) mass is 253 g/mol. The fraction of sp³-hybridized carbons (Fsp3) is 0.600. The smallest absolute Gasteiger partial charge is 0.130 e. The van der Waals surface area contributed by atoms with Gasteiger partial charge in [0.25, 0.3) is 0 Å². The molecular formula is C15H21F2N. The van der Waals surface area contributed by atoms with Crippen LogP contribution in [0.15, 0.2) is 18.2 Å². The van der Waals surface area contributed by atoms with Crippen LogP contribution in [0.25, 0.3) is 0 Å². The summed E-state index contributed by atoms with van der Waals surface area (Å²) in [6.07, 6.45) is 4.77. The molecule has 3 unspecified atom stereocenters. The number of benzene rings is 1. The summed E-state index contributed by atoms with van der Waals surface area (Å²) in [5, 5.41) is 3.39. The van der Waals surface area contributed by atoms with E-state index < -0.39 is 11.6 Å². The summed E-state index contributed by atoms with van der Waals surface area (Å²) in [5.74, 6) is -0.340. The molecule has 0 heterocycles. The molecule has 2 rings (SSSR count). The Hall–Kier alpha value is -0.960. The van der Waals surface area contributed by atoms with Crippen molar-refractivity contribution >= 4 is 0 Å². The quantitative estimate of drug-likeness (QED) is 0.851. The molecule has 0 amide bonds. The summed E-state index contributed by atoms with van der Waals surface area (Å²) in [6.45, 7) is 4.05. The third-order valence-electron chi connectivity index (χ3n) is 4.01. The average molecular weight is 253 g/mol. The first-order valence-corrected chi connectivity index (χ1v) is 6.79. The fourth-order valence-electron chi connectivity index (χ4n) is 2.89. The van der Waals surface area contributed by atoms with E-state index in [4.69, 9.17) is 0 Å². The van der Waals surface area contributed by atoms with Gasteiger partial charge in [-0.2, -0.15) is 0 Å². The number of halogens is 2. The third-order valence-corrected chi connectivity index (χ3v) is 4.01. The predicted octanol–water partition coefficient (Wildman–Crippen LogP) is 4.19. The molecule has 1 N–H and O–H groups in total. The van der Waals surface area contributed by atoms with E-state index in [2.05, 4.69) is 12.2 Å². The molecule has 1 aliphatic carbocycles. The van der Waals surface area contributed by atoms with Crippen molar-refractivity contribution in [2.75, 3.05) is 0 Å². The molecular weight excluding hydrogens is 232 g/mol. The molecule has 3 atom stereocenters. The first-order valence-electron chi connectivity index (χ1n) is 6.79. The number of hydrogen-bond acceptors (Lipinski definition) is 1. The SMILES string of the molecule is CC(NC1CCCCC1C)c1c(F)cccc1F. The second-order valence-corrected chi connectivity index (χ2v) is 5.39. The second kappa shape index (κ2) is 5.79. The van der Waals surface area contributed by atoms with Gasteiger partial charge in [-0.1, -0.05) is 25.8 Å². The molecule has 1 aromatic carbocycles. The van der Waals surface area contributed by atoms with Gasteiger partial charge in [-0.15, -0.1) is 0 Å². The Morgan fingerprint density at radius 1 is 1.17 bits per heavy atom. The minimum atomic E-state index is -0.460. The topological polar surface area (TPSA) is 12.0 Å². The van der Waals surface area contributed by atoms with Gasteiger partial charge < -0.3 is 5.32 Å². The van der Waals surface area contributed by atoms with E-state index >= 15 is 0 Å². The zero-order valence-corrected chi connectivity index (χ0v) is 11.0. The van der Waals surface area contributed by atoms with Crippen molar-refractivity contribution in [3.63, 3.8) is 0 Å². The number of hydrogen-bond donors (Lipinski definition) is 1. The Kier molecular flexibility index (Phi) is 4.33. The molecule has 100 valence electrons. The molecule has 1 nitrogen and oxygen atoms in total. The van der Waals surface area contributed by atoms with Crippen LogP contribution < -0.4 is 5.32 Å². The highest BCUT2D eigenvalue weighted by Gasteiger charge is 2.25. The van der Waals surface area contributed by atoms with Gasteiger partial charge in [0.2, 0.25) is 0 Å². The molecule has 0 spiro atoms. The molecule has 1 saturated carbocycles. The van der Waals surface area contributed by atoms with Crippen LogP contribution in [0.5, 0.6) is 0 Å². The van der Waals surface area contributed by atoms with E-state index in [1.165, 1.54) is 37.5 Å². The normalized spacial score (nSPS) is 26.0. The van der Waals surface area contributed by atoms with Gasteiger partial charge in [0.15, 0.2) is 0 Å². The predicted molar refractivity (Wildman–Crippen MR) is 69.3 cm³/mol. The maximum absolute atomic E-state index is 13.7. The molecule has 3 heteroatoms. The van der Waals surface area contributed by atoms with Gasteiger partial charge in [0.05, 0.1) is 0 Å². The molecule has 0 saturated heterocycles. The van der Waals surface area contributed by atoms with Gasteiger partial charge >= 0.3 is 0 Å². The molecule has 1 fully saturated rings. The molecule has 1 aliphatic rings. The van der Waals surface area contributed by atoms with Gasteiger partial charge in [-0.3, -0.25) is 0 Å². The van der Waals surface area contributed by atoms with Crippen molar-refractivity contribution in [3.05, 3.63) is 35.4 Å². The molecule has 0 aromatic heterocycles. The minimum absolute atomic E-state index is 0.162. The molecule has 0 radical (unpaired) electrons. The summed E-state index contributed by atoms with van der Waals surface area (Å²) < 4.78 is 27.3. The lowest BCUT2D eigenvalue weighted by Crippen LogP contribution is -2.39. The van der Waals surface area contributed by atoms with Crippen molar-refractivity contribution in [2.45, 2.75) is 51.6 Å². The van der Waals surface area contributed by atoms with E-state index in [0.717, 1.165) is 6.42 Å².